The number of carbonyl (C=O) groups is 1. The van der Waals surface area contributed by atoms with E-state index in [2.05, 4.69) is 5.32 Å². The van der Waals surface area contributed by atoms with Crippen molar-refractivity contribution >= 4 is 17.8 Å². The predicted molar refractivity (Wildman–Crippen MR) is 84.4 cm³/mol. The number of carbonyl (C=O) groups excluding carboxylic acids is 1. The zero-order chi connectivity index (χ0) is 15.5. The zero-order valence-electron chi connectivity index (χ0n) is 12.4. The molecule has 3 rings (SSSR count). The molecule has 2 aliphatic heterocycles. The van der Waals surface area contributed by atoms with Gasteiger partial charge in [-0.2, -0.15) is 0 Å². The summed E-state index contributed by atoms with van der Waals surface area (Å²) in [5.41, 5.74) is 0.875. The summed E-state index contributed by atoms with van der Waals surface area (Å²) in [5.74, 6) is 0.827. The fourth-order valence-electron chi connectivity index (χ4n) is 3.15. The Bertz CT molecular complexity index is 555. The number of halogens is 1. The number of nitrogens with one attached hydrogen (secondary N) is 1. The van der Waals surface area contributed by atoms with Crippen molar-refractivity contribution in [1.29, 1.82) is 0 Å². The Balaban J connectivity index is 1.69. The third kappa shape index (κ3) is 3.38. The van der Waals surface area contributed by atoms with Gasteiger partial charge in [0.2, 0.25) is 0 Å². The Kier molecular flexibility index (Phi) is 4.88. The molecule has 1 aromatic rings. The minimum atomic E-state index is -0.265. The van der Waals surface area contributed by atoms with E-state index in [1.165, 1.54) is 12.1 Å². The first-order valence-corrected chi connectivity index (χ1v) is 8.74. The van der Waals surface area contributed by atoms with Crippen molar-refractivity contribution in [1.82, 2.24) is 10.2 Å². The molecule has 0 radical (unpaired) electrons. The molecular formula is C16H21FN2O2S. The molecule has 0 spiro atoms. The summed E-state index contributed by atoms with van der Waals surface area (Å²) in [5, 5.41) is 12.3. The molecule has 0 bridgehead atoms. The fraction of sp³-hybridized carbons (Fsp3) is 0.562. The minimum absolute atomic E-state index is 0.106. The molecule has 6 heteroatoms. The summed E-state index contributed by atoms with van der Waals surface area (Å²) >= 11 is 1.70. The third-order valence-electron chi connectivity index (χ3n) is 4.37. The number of hydrogen-bond acceptors (Lipinski definition) is 3. The molecule has 2 aliphatic rings. The highest BCUT2D eigenvalue weighted by atomic mass is 32.2. The number of urea groups is 1. The highest BCUT2D eigenvalue weighted by Crippen LogP contribution is 2.36. The van der Waals surface area contributed by atoms with Crippen LogP contribution < -0.4 is 5.32 Å². The number of aliphatic hydroxyl groups is 1. The van der Waals surface area contributed by atoms with Crippen molar-refractivity contribution < 1.29 is 14.3 Å². The van der Waals surface area contributed by atoms with Gasteiger partial charge in [-0.1, -0.05) is 0 Å². The van der Waals surface area contributed by atoms with Crippen LogP contribution in [-0.2, 0) is 0 Å². The van der Waals surface area contributed by atoms with Crippen LogP contribution in [0.2, 0.25) is 0 Å². The van der Waals surface area contributed by atoms with E-state index in [0.29, 0.717) is 6.54 Å². The highest BCUT2D eigenvalue weighted by molar-refractivity contribution is 7.99. The summed E-state index contributed by atoms with van der Waals surface area (Å²) in [6.07, 6.45) is 2.70. The number of benzene rings is 1. The molecule has 1 aromatic carbocycles. The summed E-state index contributed by atoms with van der Waals surface area (Å²) < 4.78 is 13.5. The number of nitrogens with zero attached hydrogens (tertiary/aromatic N) is 1. The largest absolute Gasteiger partial charge is 0.396 e. The van der Waals surface area contributed by atoms with E-state index >= 15 is 0 Å². The zero-order valence-corrected chi connectivity index (χ0v) is 13.2. The first-order valence-electron chi connectivity index (χ1n) is 7.76. The summed E-state index contributed by atoms with van der Waals surface area (Å²) in [6.45, 7) is 1.44. The Morgan fingerprint density at radius 1 is 1.45 bits per heavy atom. The highest BCUT2D eigenvalue weighted by Gasteiger charge is 2.27. The van der Waals surface area contributed by atoms with E-state index in [4.69, 9.17) is 0 Å². The van der Waals surface area contributed by atoms with E-state index in [9.17, 15) is 14.3 Å². The number of hydrogen-bond donors (Lipinski definition) is 2. The number of fused-ring (bicyclic) bond motifs is 1. The summed E-state index contributed by atoms with van der Waals surface area (Å²) in [4.78, 5) is 15.3. The van der Waals surface area contributed by atoms with Gasteiger partial charge in [-0.25, -0.2) is 9.18 Å². The molecule has 120 valence electrons. The predicted octanol–water partition coefficient (Wildman–Crippen LogP) is 2.78. The van der Waals surface area contributed by atoms with Crippen LogP contribution in [0.5, 0.6) is 0 Å². The first kappa shape index (κ1) is 15.6. The quantitative estimate of drug-likeness (QED) is 0.879. The van der Waals surface area contributed by atoms with Gasteiger partial charge in [0.15, 0.2) is 0 Å². The molecule has 4 nitrogen and oxygen atoms in total. The molecular weight excluding hydrogens is 303 g/mol. The average molecular weight is 324 g/mol. The van der Waals surface area contributed by atoms with Crippen LogP contribution in [0.4, 0.5) is 9.18 Å². The van der Waals surface area contributed by atoms with Crippen LogP contribution in [0.3, 0.4) is 0 Å². The SMILES string of the molecule is O=C(NC1CCSc2ccc(F)cc21)N1CCCC(CO)C1. The fourth-order valence-corrected chi connectivity index (χ4v) is 4.26. The van der Waals surface area contributed by atoms with Gasteiger partial charge in [-0.05, 0) is 48.9 Å². The smallest absolute Gasteiger partial charge is 0.317 e. The van der Waals surface area contributed by atoms with Crippen molar-refractivity contribution in [2.45, 2.75) is 30.2 Å². The van der Waals surface area contributed by atoms with E-state index in [1.807, 2.05) is 0 Å². The van der Waals surface area contributed by atoms with Gasteiger partial charge in [-0.3, -0.25) is 0 Å². The van der Waals surface area contributed by atoms with E-state index < -0.39 is 0 Å². The van der Waals surface area contributed by atoms with Gasteiger partial charge in [0.25, 0.3) is 0 Å². The maximum atomic E-state index is 13.5. The lowest BCUT2D eigenvalue weighted by atomic mass is 9.99. The number of aliphatic hydroxyl groups excluding tert-OH is 1. The van der Waals surface area contributed by atoms with Crippen molar-refractivity contribution in [2.24, 2.45) is 5.92 Å². The average Bonchev–Trinajstić information content (AvgIpc) is 2.55. The van der Waals surface area contributed by atoms with E-state index in [-0.39, 0.29) is 30.4 Å². The van der Waals surface area contributed by atoms with Gasteiger partial charge < -0.3 is 15.3 Å². The lowest BCUT2D eigenvalue weighted by Gasteiger charge is -2.34. The second kappa shape index (κ2) is 6.87. The summed E-state index contributed by atoms with van der Waals surface area (Å²) in [6, 6.07) is 4.54. The van der Waals surface area contributed by atoms with Gasteiger partial charge in [-0.15, -0.1) is 11.8 Å². The topological polar surface area (TPSA) is 52.6 Å². The Labute approximate surface area is 134 Å². The van der Waals surface area contributed by atoms with Crippen LogP contribution in [-0.4, -0.2) is 41.5 Å². The van der Waals surface area contributed by atoms with Crippen LogP contribution in [0.15, 0.2) is 23.1 Å². The van der Waals surface area contributed by atoms with Crippen molar-refractivity contribution in [3.63, 3.8) is 0 Å². The van der Waals surface area contributed by atoms with Crippen LogP contribution in [0.1, 0.15) is 30.9 Å². The maximum Gasteiger partial charge on any atom is 0.317 e. The van der Waals surface area contributed by atoms with Crippen molar-refractivity contribution in [2.75, 3.05) is 25.4 Å². The minimum Gasteiger partial charge on any atom is -0.396 e. The molecule has 2 heterocycles. The van der Waals surface area contributed by atoms with Gasteiger partial charge in [0, 0.05) is 30.3 Å². The molecule has 2 unspecified atom stereocenters. The Hall–Kier alpha value is -1.27. The molecule has 22 heavy (non-hydrogen) atoms. The van der Waals surface area contributed by atoms with Crippen molar-refractivity contribution in [3.05, 3.63) is 29.6 Å². The van der Waals surface area contributed by atoms with Crippen LogP contribution in [0, 0.1) is 11.7 Å². The molecule has 2 N–H and O–H groups in total. The molecule has 2 atom stereocenters. The summed E-state index contributed by atoms with van der Waals surface area (Å²) in [7, 11) is 0. The number of thioether (sulfide) groups is 1. The monoisotopic (exact) mass is 324 g/mol. The standard InChI is InChI=1S/C16H21FN2O2S/c17-12-3-4-15-13(8-12)14(5-7-22-15)18-16(21)19-6-1-2-11(9-19)10-20/h3-4,8,11,14,20H,1-2,5-7,9-10H2,(H,18,21). The number of rotatable bonds is 2. The molecule has 0 aromatic heterocycles. The van der Waals surface area contributed by atoms with Crippen LogP contribution >= 0.6 is 11.8 Å². The third-order valence-corrected chi connectivity index (χ3v) is 5.50. The Morgan fingerprint density at radius 3 is 3.14 bits per heavy atom. The lowest BCUT2D eigenvalue weighted by molar-refractivity contribution is 0.127. The van der Waals surface area contributed by atoms with E-state index in [1.54, 1.807) is 22.7 Å². The molecule has 0 aliphatic carbocycles. The van der Waals surface area contributed by atoms with Gasteiger partial charge in [0.05, 0.1) is 6.04 Å². The van der Waals surface area contributed by atoms with Gasteiger partial charge in [0.1, 0.15) is 5.82 Å². The number of piperidine rings is 1. The second-order valence-electron chi connectivity index (χ2n) is 5.96. The molecule has 2 amide bonds. The Morgan fingerprint density at radius 2 is 2.32 bits per heavy atom. The molecule has 1 saturated heterocycles. The first-order chi connectivity index (χ1) is 10.7. The van der Waals surface area contributed by atoms with Crippen LogP contribution in [0.25, 0.3) is 0 Å². The lowest BCUT2D eigenvalue weighted by Crippen LogP contribution is -2.47. The van der Waals surface area contributed by atoms with Gasteiger partial charge >= 0.3 is 6.03 Å². The van der Waals surface area contributed by atoms with Crippen molar-refractivity contribution in [3.8, 4) is 0 Å². The second-order valence-corrected chi connectivity index (χ2v) is 7.09. The number of amides is 2. The molecule has 1 fully saturated rings. The molecule has 0 saturated carbocycles. The van der Waals surface area contributed by atoms with E-state index in [0.717, 1.165) is 42.0 Å². The number of likely N-dealkylation sites (tertiary alicyclic amines) is 1. The normalized spacial score (nSPS) is 24.7. The maximum absolute atomic E-state index is 13.5.